The van der Waals surface area contributed by atoms with E-state index in [0.717, 1.165) is 31.7 Å². The molecule has 2 rings (SSSR count). The Kier molecular flexibility index (Phi) is 4.74. The highest BCUT2D eigenvalue weighted by molar-refractivity contribution is 5.87. The molecule has 1 saturated heterocycles. The molecule has 20 heavy (non-hydrogen) atoms. The zero-order valence-electron chi connectivity index (χ0n) is 11.7. The zero-order valence-corrected chi connectivity index (χ0v) is 11.7. The highest BCUT2D eigenvalue weighted by atomic mass is 16.4. The minimum absolute atomic E-state index is 0.181. The monoisotopic (exact) mass is 276 g/mol. The Morgan fingerprint density at radius 3 is 2.25 bits per heavy atom. The fourth-order valence-electron chi connectivity index (χ4n) is 2.28. The van der Waals surface area contributed by atoms with Crippen molar-refractivity contribution in [1.29, 1.82) is 0 Å². The average Bonchev–Trinajstić information content (AvgIpc) is 2.46. The number of aromatic carboxylic acids is 1. The summed E-state index contributed by atoms with van der Waals surface area (Å²) in [5.41, 5.74) is 1.27. The predicted molar refractivity (Wildman–Crippen MR) is 75.8 cm³/mol. The lowest BCUT2D eigenvalue weighted by Crippen LogP contribution is -2.47. The summed E-state index contributed by atoms with van der Waals surface area (Å²) >= 11 is 0. The van der Waals surface area contributed by atoms with Crippen molar-refractivity contribution in [3.63, 3.8) is 0 Å². The maximum absolute atomic E-state index is 12.1. The molecule has 0 bridgehead atoms. The standard InChI is InChI=1S/C15H20N2O3/c1-16-8-10-17(11-9-16)14(18)7-4-12-2-5-13(6-3-12)15(19)20/h2-3,5-6H,4,7-11H2,1H3,(H,19,20). The van der Waals surface area contributed by atoms with Crippen LogP contribution in [0.15, 0.2) is 24.3 Å². The summed E-state index contributed by atoms with van der Waals surface area (Å²) in [4.78, 5) is 26.9. The Bertz CT molecular complexity index is 476. The van der Waals surface area contributed by atoms with E-state index in [9.17, 15) is 9.59 Å². The molecule has 108 valence electrons. The summed E-state index contributed by atoms with van der Waals surface area (Å²) in [6, 6.07) is 6.72. The molecule has 1 aliphatic rings. The Morgan fingerprint density at radius 1 is 1.10 bits per heavy atom. The highest BCUT2D eigenvalue weighted by Crippen LogP contribution is 2.09. The Labute approximate surface area is 118 Å². The first-order valence-corrected chi connectivity index (χ1v) is 6.85. The van der Waals surface area contributed by atoms with Crippen LogP contribution in [0, 0.1) is 0 Å². The number of piperazine rings is 1. The number of benzene rings is 1. The number of carbonyl (C=O) groups is 2. The van der Waals surface area contributed by atoms with Gasteiger partial charge in [0.15, 0.2) is 0 Å². The molecule has 0 radical (unpaired) electrons. The van der Waals surface area contributed by atoms with Gasteiger partial charge in [-0.05, 0) is 31.2 Å². The minimum atomic E-state index is -0.926. The quantitative estimate of drug-likeness (QED) is 0.894. The summed E-state index contributed by atoms with van der Waals surface area (Å²) in [6.45, 7) is 3.46. The van der Waals surface area contributed by atoms with Gasteiger partial charge < -0.3 is 14.9 Å². The molecule has 1 aromatic carbocycles. The summed E-state index contributed by atoms with van der Waals surface area (Å²) in [7, 11) is 2.06. The topological polar surface area (TPSA) is 60.9 Å². The van der Waals surface area contributed by atoms with Crippen LogP contribution in [0.3, 0.4) is 0 Å². The number of hydrogen-bond donors (Lipinski definition) is 1. The number of carbonyl (C=O) groups excluding carboxylic acids is 1. The smallest absolute Gasteiger partial charge is 0.335 e. The molecule has 1 N–H and O–H groups in total. The van der Waals surface area contributed by atoms with Crippen LogP contribution in [0.4, 0.5) is 0 Å². The molecule has 0 spiro atoms. The van der Waals surface area contributed by atoms with E-state index in [1.165, 1.54) is 0 Å². The molecular weight excluding hydrogens is 256 g/mol. The Morgan fingerprint density at radius 2 is 1.70 bits per heavy atom. The normalized spacial score (nSPS) is 16.1. The largest absolute Gasteiger partial charge is 0.478 e. The zero-order chi connectivity index (χ0) is 14.5. The van der Waals surface area contributed by atoms with Gasteiger partial charge in [0, 0.05) is 32.6 Å². The van der Waals surface area contributed by atoms with E-state index in [4.69, 9.17) is 5.11 Å². The lowest BCUT2D eigenvalue weighted by Gasteiger charge is -2.32. The molecule has 5 nitrogen and oxygen atoms in total. The second-order valence-corrected chi connectivity index (χ2v) is 5.19. The van der Waals surface area contributed by atoms with E-state index in [2.05, 4.69) is 11.9 Å². The fraction of sp³-hybridized carbons (Fsp3) is 0.467. The number of likely N-dealkylation sites (N-methyl/N-ethyl adjacent to an activating group) is 1. The number of nitrogens with zero attached hydrogens (tertiary/aromatic N) is 2. The molecule has 1 heterocycles. The van der Waals surface area contributed by atoms with Crippen molar-refractivity contribution in [3.05, 3.63) is 35.4 Å². The van der Waals surface area contributed by atoms with Crippen LogP contribution in [0.1, 0.15) is 22.3 Å². The first-order chi connectivity index (χ1) is 9.56. The molecule has 0 aromatic heterocycles. The molecule has 0 atom stereocenters. The Hall–Kier alpha value is -1.88. The number of rotatable bonds is 4. The van der Waals surface area contributed by atoms with Crippen molar-refractivity contribution >= 4 is 11.9 Å². The summed E-state index contributed by atoms with van der Waals surface area (Å²) in [6.07, 6.45) is 1.14. The van der Waals surface area contributed by atoms with Crippen molar-refractivity contribution < 1.29 is 14.7 Å². The van der Waals surface area contributed by atoms with Gasteiger partial charge in [-0.3, -0.25) is 4.79 Å². The van der Waals surface area contributed by atoms with Crippen molar-refractivity contribution in [2.45, 2.75) is 12.8 Å². The number of amides is 1. The van der Waals surface area contributed by atoms with Gasteiger partial charge in [0.1, 0.15) is 0 Å². The molecule has 5 heteroatoms. The molecule has 1 aromatic rings. The molecule has 1 aliphatic heterocycles. The van der Waals surface area contributed by atoms with E-state index in [1.807, 2.05) is 4.90 Å². The molecule has 1 amide bonds. The number of aryl methyl sites for hydroxylation is 1. The van der Waals surface area contributed by atoms with Gasteiger partial charge in [-0.25, -0.2) is 4.79 Å². The van der Waals surface area contributed by atoms with Gasteiger partial charge in [-0.2, -0.15) is 0 Å². The molecule has 0 saturated carbocycles. The molecule has 1 fully saturated rings. The summed E-state index contributed by atoms with van der Waals surface area (Å²) in [5, 5.41) is 8.82. The third kappa shape index (κ3) is 3.81. The summed E-state index contributed by atoms with van der Waals surface area (Å²) in [5.74, 6) is -0.745. The van der Waals surface area contributed by atoms with Crippen LogP contribution < -0.4 is 0 Å². The van der Waals surface area contributed by atoms with Crippen molar-refractivity contribution in [1.82, 2.24) is 9.80 Å². The number of hydrogen-bond acceptors (Lipinski definition) is 3. The third-order valence-electron chi connectivity index (χ3n) is 3.68. The lowest BCUT2D eigenvalue weighted by atomic mass is 10.1. The van der Waals surface area contributed by atoms with E-state index in [0.29, 0.717) is 12.8 Å². The van der Waals surface area contributed by atoms with E-state index in [-0.39, 0.29) is 11.5 Å². The van der Waals surface area contributed by atoms with E-state index >= 15 is 0 Å². The van der Waals surface area contributed by atoms with Crippen molar-refractivity contribution in [2.75, 3.05) is 33.2 Å². The SMILES string of the molecule is CN1CCN(C(=O)CCc2ccc(C(=O)O)cc2)CC1. The molecule has 0 aliphatic carbocycles. The van der Waals surface area contributed by atoms with Gasteiger partial charge in [0.2, 0.25) is 5.91 Å². The van der Waals surface area contributed by atoms with Gasteiger partial charge in [-0.1, -0.05) is 12.1 Å². The first-order valence-electron chi connectivity index (χ1n) is 6.85. The van der Waals surface area contributed by atoms with Crippen LogP contribution in [-0.4, -0.2) is 60.0 Å². The van der Waals surface area contributed by atoms with Gasteiger partial charge in [0.05, 0.1) is 5.56 Å². The second kappa shape index (κ2) is 6.52. The van der Waals surface area contributed by atoms with E-state index in [1.54, 1.807) is 24.3 Å². The van der Waals surface area contributed by atoms with E-state index < -0.39 is 5.97 Å². The number of carboxylic acids is 1. The minimum Gasteiger partial charge on any atom is -0.478 e. The van der Waals surface area contributed by atoms with Gasteiger partial charge >= 0.3 is 5.97 Å². The van der Waals surface area contributed by atoms with Crippen LogP contribution in [0.5, 0.6) is 0 Å². The van der Waals surface area contributed by atoms with Crippen molar-refractivity contribution in [3.8, 4) is 0 Å². The van der Waals surface area contributed by atoms with Crippen LogP contribution in [0.25, 0.3) is 0 Å². The van der Waals surface area contributed by atoms with Crippen LogP contribution in [0.2, 0.25) is 0 Å². The summed E-state index contributed by atoms with van der Waals surface area (Å²) < 4.78 is 0. The first kappa shape index (κ1) is 14.5. The fourth-order valence-corrected chi connectivity index (χ4v) is 2.28. The van der Waals surface area contributed by atoms with Crippen LogP contribution in [-0.2, 0) is 11.2 Å². The lowest BCUT2D eigenvalue weighted by molar-refractivity contribution is -0.132. The third-order valence-corrected chi connectivity index (χ3v) is 3.68. The van der Waals surface area contributed by atoms with Crippen molar-refractivity contribution in [2.24, 2.45) is 0 Å². The maximum atomic E-state index is 12.1. The highest BCUT2D eigenvalue weighted by Gasteiger charge is 2.18. The second-order valence-electron chi connectivity index (χ2n) is 5.19. The van der Waals surface area contributed by atoms with Gasteiger partial charge in [-0.15, -0.1) is 0 Å². The maximum Gasteiger partial charge on any atom is 0.335 e. The average molecular weight is 276 g/mol. The Balaban J connectivity index is 1.82. The van der Waals surface area contributed by atoms with Gasteiger partial charge in [0.25, 0.3) is 0 Å². The van der Waals surface area contributed by atoms with Crippen LogP contribution >= 0.6 is 0 Å². The predicted octanol–water partition coefficient (Wildman–Crippen LogP) is 1.09. The molecular formula is C15H20N2O3. The molecule has 0 unspecified atom stereocenters. The number of carboxylic acid groups (broad SMARTS) is 1.